The highest BCUT2D eigenvalue weighted by Gasteiger charge is 2.63. The van der Waals surface area contributed by atoms with Crippen molar-refractivity contribution in [2.24, 2.45) is 5.92 Å². The molecule has 2 aliphatic heterocycles. The van der Waals surface area contributed by atoms with E-state index in [4.69, 9.17) is 14.2 Å². The Labute approximate surface area is 235 Å². The predicted octanol–water partition coefficient (Wildman–Crippen LogP) is 6.33. The minimum absolute atomic E-state index is 0.251. The van der Waals surface area contributed by atoms with E-state index in [1.165, 1.54) is 18.2 Å². The number of rotatable bonds is 4. The molecule has 1 aliphatic carbocycles. The maximum atomic E-state index is 14.0. The maximum Gasteiger partial charge on any atom is 0.323 e. The third-order valence-electron chi connectivity index (χ3n) is 8.82. The molecule has 2 heterocycles. The Kier molecular flexibility index (Phi) is 5.93. The Balaban J connectivity index is 1.50. The molecular weight excluding hydrogens is 498 g/mol. The third kappa shape index (κ3) is 3.62. The topological polar surface area (TPSA) is 48.0 Å². The second-order valence-electron chi connectivity index (χ2n) is 11.4. The smallest absolute Gasteiger partial charge is 0.323 e. The molecule has 0 unspecified atom stereocenters. The number of ether oxygens (including phenoxy) is 3. The molecule has 0 radical (unpaired) electrons. The summed E-state index contributed by atoms with van der Waals surface area (Å²) in [5.41, 5.74) is 6.09. The van der Waals surface area contributed by atoms with Crippen molar-refractivity contribution in [3.8, 4) is 11.1 Å². The van der Waals surface area contributed by atoms with E-state index in [1.54, 1.807) is 0 Å². The Bertz CT molecular complexity index is 1500. The normalized spacial score (nSPS) is 26.0. The van der Waals surface area contributed by atoms with Crippen LogP contribution in [0.4, 0.5) is 0 Å². The van der Waals surface area contributed by atoms with Crippen molar-refractivity contribution in [3.63, 3.8) is 0 Å². The van der Waals surface area contributed by atoms with Gasteiger partial charge in [-0.3, -0.25) is 9.69 Å². The van der Waals surface area contributed by atoms with E-state index < -0.39 is 17.4 Å². The van der Waals surface area contributed by atoms with E-state index in [1.807, 2.05) is 38.1 Å². The number of hydrogen-bond donors (Lipinski definition) is 0. The molecule has 5 nitrogen and oxygen atoms in total. The van der Waals surface area contributed by atoms with E-state index in [-0.39, 0.29) is 24.1 Å². The first-order valence-electron chi connectivity index (χ1n) is 14.0. The van der Waals surface area contributed by atoms with Gasteiger partial charge in [0.2, 0.25) is 0 Å². The molecular formula is C35H33NO4. The van der Waals surface area contributed by atoms with Crippen molar-refractivity contribution >= 4 is 5.97 Å². The van der Waals surface area contributed by atoms with Crippen molar-refractivity contribution in [3.05, 3.63) is 131 Å². The maximum absolute atomic E-state index is 14.0. The lowest BCUT2D eigenvalue weighted by atomic mass is 9.77. The van der Waals surface area contributed by atoms with Gasteiger partial charge >= 0.3 is 5.97 Å². The van der Waals surface area contributed by atoms with E-state index >= 15 is 0 Å². The summed E-state index contributed by atoms with van der Waals surface area (Å²) < 4.78 is 18.9. The summed E-state index contributed by atoms with van der Waals surface area (Å²) in [7, 11) is 1.48. The lowest BCUT2D eigenvalue weighted by molar-refractivity contribution is -0.316. The van der Waals surface area contributed by atoms with Crippen LogP contribution in [0.1, 0.15) is 42.2 Å². The molecule has 0 N–H and O–H groups in total. The average molecular weight is 532 g/mol. The number of fused-ring (bicyclic) bond motifs is 4. The lowest BCUT2D eigenvalue weighted by Crippen LogP contribution is -2.54. The molecule has 5 heteroatoms. The summed E-state index contributed by atoms with van der Waals surface area (Å²) in [6.07, 6.45) is -0.595. The van der Waals surface area contributed by atoms with E-state index in [2.05, 4.69) is 89.8 Å². The van der Waals surface area contributed by atoms with Crippen molar-refractivity contribution < 1.29 is 19.0 Å². The monoisotopic (exact) mass is 531 g/mol. The largest absolute Gasteiger partial charge is 0.468 e. The van der Waals surface area contributed by atoms with E-state index in [9.17, 15) is 4.79 Å². The first-order valence-corrected chi connectivity index (χ1v) is 14.0. The number of esters is 1. The standard InChI is InChI=1S/C35H33NO4/c1-34(2)39-29-22-36(31(33(37)38-3)30(29)32(40-34)23-14-6-4-7-15-23)35(24-16-8-5-9-17-24)27-20-12-10-18-25(27)26-19-11-13-21-28(26)35/h4-21,29-32H,22H2,1-3H3/t29-,30+,31+,32+/m1/s1. The van der Waals surface area contributed by atoms with Crippen LogP contribution in [0.3, 0.4) is 0 Å². The molecule has 0 amide bonds. The van der Waals surface area contributed by atoms with Gasteiger partial charge in [0.1, 0.15) is 6.04 Å². The SMILES string of the molecule is COC(=O)[C@@H]1[C@@H]2[C@@H](CN1C1(c3ccccc3)c3ccccc3-c3ccccc31)OC(C)(C)O[C@H]2c1ccccc1. The molecule has 0 saturated carbocycles. The molecule has 0 spiro atoms. The number of methoxy groups -OCH3 is 1. The molecule has 4 aromatic carbocycles. The summed E-state index contributed by atoms with van der Waals surface area (Å²) in [6.45, 7) is 4.46. The van der Waals surface area contributed by atoms with Crippen LogP contribution in [0.5, 0.6) is 0 Å². The molecule has 40 heavy (non-hydrogen) atoms. The van der Waals surface area contributed by atoms with Crippen LogP contribution >= 0.6 is 0 Å². The van der Waals surface area contributed by atoms with Crippen LogP contribution in [0.15, 0.2) is 109 Å². The van der Waals surface area contributed by atoms with Gasteiger partial charge in [-0.25, -0.2) is 0 Å². The van der Waals surface area contributed by atoms with Gasteiger partial charge in [-0.2, -0.15) is 0 Å². The second kappa shape index (κ2) is 9.41. The van der Waals surface area contributed by atoms with E-state index in [0.29, 0.717) is 6.54 Å². The molecule has 3 aliphatic rings. The number of carbonyl (C=O) groups is 1. The number of benzene rings is 4. The Morgan fingerprint density at radius 1 is 0.775 bits per heavy atom. The zero-order valence-electron chi connectivity index (χ0n) is 23.0. The van der Waals surface area contributed by atoms with Gasteiger partial charge in [0.15, 0.2) is 5.79 Å². The molecule has 0 bridgehead atoms. The van der Waals surface area contributed by atoms with Gasteiger partial charge in [-0.1, -0.05) is 109 Å². The average Bonchev–Trinajstić information content (AvgIpc) is 3.51. The number of carbonyl (C=O) groups excluding carboxylic acids is 1. The van der Waals surface area contributed by atoms with Gasteiger partial charge in [0.05, 0.1) is 24.9 Å². The molecule has 2 fully saturated rings. The summed E-state index contributed by atoms with van der Waals surface area (Å²) in [5.74, 6) is -1.37. The van der Waals surface area contributed by atoms with Crippen LogP contribution in [-0.4, -0.2) is 42.5 Å². The summed E-state index contributed by atoms with van der Waals surface area (Å²) in [4.78, 5) is 16.3. The highest BCUT2D eigenvalue weighted by molar-refractivity contribution is 5.85. The van der Waals surface area contributed by atoms with Crippen molar-refractivity contribution in [2.45, 2.75) is 43.4 Å². The first kappa shape index (κ1) is 25.2. The zero-order valence-corrected chi connectivity index (χ0v) is 23.0. The van der Waals surface area contributed by atoms with Gasteiger partial charge in [-0.05, 0) is 47.2 Å². The highest BCUT2D eigenvalue weighted by Crippen LogP contribution is 2.59. The zero-order chi connectivity index (χ0) is 27.5. The third-order valence-corrected chi connectivity index (χ3v) is 8.82. The number of hydrogen-bond acceptors (Lipinski definition) is 5. The van der Waals surface area contributed by atoms with Crippen molar-refractivity contribution in [1.29, 1.82) is 0 Å². The predicted molar refractivity (Wildman–Crippen MR) is 153 cm³/mol. The Morgan fingerprint density at radius 3 is 1.93 bits per heavy atom. The fraction of sp³-hybridized carbons (Fsp3) is 0.286. The molecule has 2 saturated heterocycles. The summed E-state index contributed by atoms with van der Waals surface area (Å²) >= 11 is 0. The van der Waals surface area contributed by atoms with Crippen LogP contribution in [0.2, 0.25) is 0 Å². The Hall–Kier alpha value is -3.77. The first-order chi connectivity index (χ1) is 19.5. The van der Waals surface area contributed by atoms with Crippen LogP contribution in [0, 0.1) is 5.92 Å². The summed E-state index contributed by atoms with van der Waals surface area (Å²) in [5, 5.41) is 0. The van der Waals surface area contributed by atoms with Crippen LogP contribution in [0.25, 0.3) is 11.1 Å². The molecule has 7 rings (SSSR count). The second-order valence-corrected chi connectivity index (χ2v) is 11.4. The van der Waals surface area contributed by atoms with Gasteiger partial charge in [0.25, 0.3) is 0 Å². The van der Waals surface area contributed by atoms with Crippen molar-refractivity contribution in [2.75, 3.05) is 13.7 Å². The highest BCUT2D eigenvalue weighted by atomic mass is 16.7. The lowest BCUT2D eigenvalue weighted by Gasteiger charge is -2.46. The summed E-state index contributed by atoms with van der Waals surface area (Å²) in [6, 6.07) is 37.2. The quantitative estimate of drug-likeness (QED) is 0.288. The van der Waals surface area contributed by atoms with Crippen molar-refractivity contribution in [1.82, 2.24) is 4.90 Å². The molecule has 0 aromatic heterocycles. The van der Waals surface area contributed by atoms with Gasteiger partial charge in [0, 0.05) is 12.5 Å². The molecule has 4 atom stereocenters. The molecule has 202 valence electrons. The van der Waals surface area contributed by atoms with Gasteiger partial charge in [-0.15, -0.1) is 0 Å². The van der Waals surface area contributed by atoms with E-state index in [0.717, 1.165) is 22.3 Å². The Morgan fingerprint density at radius 2 is 1.32 bits per heavy atom. The fourth-order valence-electron chi connectivity index (χ4n) is 7.45. The molecule has 4 aromatic rings. The van der Waals surface area contributed by atoms with Crippen LogP contribution < -0.4 is 0 Å². The number of nitrogens with zero attached hydrogens (tertiary/aromatic N) is 1. The fourth-order valence-corrected chi connectivity index (χ4v) is 7.45. The minimum atomic E-state index is -0.816. The minimum Gasteiger partial charge on any atom is -0.468 e. The number of likely N-dealkylation sites (tertiary alicyclic amines) is 1. The van der Waals surface area contributed by atoms with Gasteiger partial charge < -0.3 is 14.2 Å². The van der Waals surface area contributed by atoms with Crippen LogP contribution in [-0.2, 0) is 24.5 Å².